The highest BCUT2D eigenvalue weighted by atomic mass is 32.2. The van der Waals surface area contributed by atoms with Gasteiger partial charge in [0.1, 0.15) is 10.9 Å². The van der Waals surface area contributed by atoms with E-state index in [1.807, 2.05) is 19.9 Å². The van der Waals surface area contributed by atoms with Crippen molar-refractivity contribution >= 4 is 17.6 Å². The van der Waals surface area contributed by atoms with Crippen LogP contribution >= 0.6 is 11.8 Å². The Morgan fingerprint density at radius 2 is 1.94 bits per heavy atom. The third-order valence-electron chi connectivity index (χ3n) is 2.82. The first-order valence-corrected chi connectivity index (χ1v) is 6.70. The van der Waals surface area contributed by atoms with Gasteiger partial charge in [0.2, 0.25) is 0 Å². The number of aromatic nitrogens is 1. The van der Waals surface area contributed by atoms with E-state index in [0.717, 1.165) is 21.8 Å². The highest BCUT2D eigenvalue weighted by molar-refractivity contribution is 7.99. The molecule has 1 rings (SSSR count). The normalized spacial score (nSPS) is 12.8. The summed E-state index contributed by atoms with van der Waals surface area (Å²) in [6.45, 7) is 10.5. The smallest absolute Gasteiger partial charge is 0.125 e. The molecule has 0 aromatic carbocycles. The van der Waals surface area contributed by atoms with Crippen molar-refractivity contribution in [2.45, 2.75) is 44.9 Å². The molecular weight excluding hydrogens is 230 g/mol. The minimum atomic E-state index is 0.105. The summed E-state index contributed by atoms with van der Waals surface area (Å²) < 4.78 is 0. The van der Waals surface area contributed by atoms with E-state index in [9.17, 15) is 0 Å². The molecule has 0 saturated heterocycles. The Balaban J connectivity index is 3.17. The van der Waals surface area contributed by atoms with E-state index < -0.39 is 0 Å². The predicted octanol–water partition coefficient (Wildman–Crippen LogP) is 3.12. The van der Waals surface area contributed by atoms with Gasteiger partial charge in [0, 0.05) is 10.9 Å². The molecule has 0 spiro atoms. The lowest BCUT2D eigenvalue weighted by Gasteiger charge is -2.17. The lowest BCUT2D eigenvalue weighted by Crippen LogP contribution is -2.17. The van der Waals surface area contributed by atoms with Gasteiger partial charge in [0.15, 0.2) is 0 Å². The van der Waals surface area contributed by atoms with Crippen LogP contribution in [0.5, 0.6) is 0 Å². The average molecular weight is 251 g/mol. The molecule has 1 atom stereocenters. The molecule has 17 heavy (non-hydrogen) atoms. The lowest BCUT2D eigenvalue weighted by atomic mass is 10.1. The minimum Gasteiger partial charge on any atom is -0.384 e. The van der Waals surface area contributed by atoms with Gasteiger partial charge in [0.05, 0.1) is 5.56 Å². The van der Waals surface area contributed by atoms with E-state index in [-0.39, 0.29) is 5.84 Å². The number of hydrogen-bond acceptors (Lipinski definition) is 3. The Morgan fingerprint density at radius 1 is 1.35 bits per heavy atom. The Kier molecular flexibility index (Phi) is 4.57. The van der Waals surface area contributed by atoms with Crippen LogP contribution in [0.15, 0.2) is 11.1 Å². The SMILES string of the molecule is Cc1cc(C)c(C(=N)N)c(SC(C)C(C)C)n1. The number of pyridine rings is 1. The molecular formula is C13H21N3S. The molecule has 3 N–H and O–H groups in total. The molecule has 1 heterocycles. The van der Waals surface area contributed by atoms with Crippen molar-refractivity contribution in [3.05, 3.63) is 22.9 Å². The Labute approximate surface area is 108 Å². The zero-order valence-electron chi connectivity index (χ0n) is 11.2. The lowest BCUT2D eigenvalue weighted by molar-refractivity contribution is 0.641. The quantitative estimate of drug-likeness (QED) is 0.491. The first kappa shape index (κ1) is 14.0. The zero-order chi connectivity index (χ0) is 13.2. The number of thioether (sulfide) groups is 1. The van der Waals surface area contributed by atoms with Gasteiger partial charge in [0.25, 0.3) is 0 Å². The summed E-state index contributed by atoms with van der Waals surface area (Å²) in [6.07, 6.45) is 0. The van der Waals surface area contributed by atoms with Gasteiger partial charge in [-0.1, -0.05) is 20.8 Å². The summed E-state index contributed by atoms with van der Waals surface area (Å²) in [6, 6.07) is 1.97. The van der Waals surface area contributed by atoms with Crippen LogP contribution in [-0.2, 0) is 0 Å². The molecule has 0 radical (unpaired) electrons. The van der Waals surface area contributed by atoms with Gasteiger partial charge in [-0.05, 0) is 31.4 Å². The first-order chi connectivity index (χ1) is 7.82. The van der Waals surface area contributed by atoms with Crippen molar-refractivity contribution < 1.29 is 0 Å². The van der Waals surface area contributed by atoms with Crippen LogP contribution in [0.1, 0.15) is 37.6 Å². The molecule has 3 nitrogen and oxygen atoms in total. The summed E-state index contributed by atoms with van der Waals surface area (Å²) in [4.78, 5) is 4.52. The minimum absolute atomic E-state index is 0.105. The van der Waals surface area contributed by atoms with Crippen molar-refractivity contribution in [2.24, 2.45) is 11.7 Å². The van der Waals surface area contributed by atoms with Crippen molar-refractivity contribution in [1.82, 2.24) is 4.98 Å². The fraction of sp³-hybridized carbons (Fsp3) is 0.538. The van der Waals surface area contributed by atoms with E-state index in [2.05, 4.69) is 25.8 Å². The monoisotopic (exact) mass is 251 g/mol. The zero-order valence-corrected chi connectivity index (χ0v) is 12.0. The molecule has 0 amide bonds. The molecule has 0 saturated carbocycles. The summed E-state index contributed by atoms with van der Waals surface area (Å²) in [5.41, 5.74) is 8.44. The van der Waals surface area contributed by atoms with E-state index in [4.69, 9.17) is 11.1 Å². The van der Waals surface area contributed by atoms with Crippen LogP contribution in [0.2, 0.25) is 0 Å². The molecule has 1 aromatic rings. The Morgan fingerprint density at radius 3 is 2.41 bits per heavy atom. The molecule has 1 unspecified atom stereocenters. The van der Waals surface area contributed by atoms with Crippen LogP contribution in [0.25, 0.3) is 0 Å². The second kappa shape index (κ2) is 5.54. The van der Waals surface area contributed by atoms with Gasteiger partial charge in [-0.15, -0.1) is 11.8 Å². The molecule has 0 bridgehead atoms. The van der Waals surface area contributed by atoms with Gasteiger partial charge < -0.3 is 5.73 Å². The van der Waals surface area contributed by atoms with Gasteiger partial charge in [-0.3, -0.25) is 5.41 Å². The van der Waals surface area contributed by atoms with Gasteiger partial charge in [-0.25, -0.2) is 4.98 Å². The maximum absolute atomic E-state index is 7.66. The van der Waals surface area contributed by atoms with Crippen molar-refractivity contribution in [3.8, 4) is 0 Å². The number of aryl methyl sites for hydroxylation is 2. The van der Waals surface area contributed by atoms with Crippen LogP contribution in [0.3, 0.4) is 0 Å². The third kappa shape index (κ3) is 3.46. The standard InChI is InChI=1S/C13H21N3S/c1-7(2)10(5)17-13-11(12(14)15)8(3)6-9(4)16-13/h6-7,10H,1-5H3,(H3,14,15). The number of nitrogens with two attached hydrogens (primary N) is 1. The number of nitrogens with zero attached hydrogens (tertiary/aromatic N) is 1. The topological polar surface area (TPSA) is 62.8 Å². The fourth-order valence-corrected chi connectivity index (χ4v) is 2.74. The number of hydrogen-bond donors (Lipinski definition) is 2. The van der Waals surface area contributed by atoms with E-state index in [0.29, 0.717) is 11.2 Å². The van der Waals surface area contributed by atoms with E-state index >= 15 is 0 Å². The summed E-state index contributed by atoms with van der Waals surface area (Å²) in [7, 11) is 0. The van der Waals surface area contributed by atoms with Gasteiger partial charge >= 0.3 is 0 Å². The second-order valence-corrected chi connectivity index (χ2v) is 6.11. The van der Waals surface area contributed by atoms with Crippen molar-refractivity contribution in [2.75, 3.05) is 0 Å². The molecule has 94 valence electrons. The third-order valence-corrected chi connectivity index (χ3v) is 4.25. The van der Waals surface area contributed by atoms with Crippen LogP contribution in [0.4, 0.5) is 0 Å². The number of nitrogens with one attached hydrogen (secondary N) is 1. The molecule has 0 fully saturated rings. The van der Waals surface area contributed by atoms with Crippen LogP contribution < -0.4 is 5.73 Å². The van der Waals surface area contributed by atoms with Gasteiger partial charge in [-0.2, -0.15) is 0 Å². The first-order valence-electron chi connectivity index (χ1n) is 5.82. The highest BCUT2D eigenvalue weighted by Crippen LogP contribution is 2.30. The fourth-order valence-electron chi connectivity index (χ4n) is 1.53. The van der Waals surface area contributed by atoms with Crippen molar-refractivity contribution in [3.63, 3.8) is 0 Å². The summed E-state index contributed by atoms with van der Waals surface area (Å²) in [5.74, 6) is 0.677. The highest BCUT2D eigenvalue weighted by Gasteiger charge is 2.16. The molecule has 0 aliphatic rings. The number of nitrogen functional groups attached to an aromatic ring is 1. The van der Waals surface area contributed by atoms with E-state index in [1.54, 1.807) is 11.8 Å². The second-order valence-electron chi connectivity index (χ2n) is 4.74. The largest absolute Gasteiger partial charge is 0.384 e. The molecule has 0 aliphatic heterocycles. The Hall–Kier alpha value is -1.03. The van der Waals surface area contributed by atoms with Crippen molar-refractivity contribution in [1.29, 1.82) is 5.41 Å². The molecule has 0 aliphatic carbocycles. The molecule has 1 aromatic heterocycles. The van der Waals surface area contributed by atoms with Crippen LogP contribution in [0, 0.1) is 25.2 Å². The maximum Gasteiger partial charge on any atom is 0.125 e. The number of rotatable bonds is 4. The number of amidine groups is 1. The summed E-state index contributed by atoms with van der Waals surface area (Å²) >= 11 is 1.70. The molecule has 4 heteroatoms. The maximum atomic E-state index is 7.66. The Bertz CT molecular complexity index is 427. The van der Waals surface area contributed by atoms with E-state index in [1.165, 1.54) is 0 Å². The summed E-state index contributed by atoms with van der Waals surface area (Å²) in [5, 5.41) is 9.01. The van der Waals surface area contributed by atoms with Crippen LogP contribution in [-0.4, -0.2) is 16.1 Å². The predicted molar refractivity (Wildman–Crippen MR) is 74.9 cm³/mol. The average Bonchev–Trinajstić information content (AvgIpc) is 2.14.